The summed E-state index contributed by atoms with van der Waals surface area (Å²) in [6.07, 6.45) is 0.455. The van der Waals surface area contributed by atoms with Crippen LogP contribution in [0.15, 0.2) is 18.2 Å². The third-order valence-electron chi connectivity index (χ3n) is 3.02. The molecule has 0 aromatic heterocycles. The number of likely N-dealkylation sites (tertiary alicyclic amines) is 1. The second-order valence-corrected chi connectivity index (χ2v) is 4.59. The molecule has 1 unspecified atom stereocenters. The predicted molar refractivity (Wildman–Crippen MR) is 62.3 cm³/mol. The van der Waals surface area contributed by atoms with Crippen molar-refractivity contribution in [2.45, 2.75) is 19.9 Å². The van der Waals surface area contributed by atoms with Crippen LogP contribution in [0.3, 0.4) is 0 Å². The van der Waals surface area contributed by atoms with Crippen molar-refractivity contribution < 1.29 is 14.1 Å². The van der Waals surface area contributed by atoms with E-state index in [0.29, 0.717) is 13.0 Å². The molecule has 0 radical (unpaired) electrons. The highest BCUT2D eigenvalue weighted by molar-refractivity contribution is 5.78. The fourth-order valence-electron chi connectivity index (χ4n) is 2.16. The molecule has 96 valence electrons. The van der Waals surface area contributed by atoms with Crippen LogP contribution in [0.2, 0.25) is 0 Å². The van der Waals surface area contributed by atoms with Gasteiger partial charge in [-0.05, 0) is 5.92 Å². The van der Waals surface area contributed by atoms with E-state index in [2.05, 4.69) is 0 Å². The summed E-state index contributed by atoms with van der Waals surface area (Å²) in [5.74, 6) is -0.637. The fraction of sp³-hybridized carbons (Fsp3) is 0.417. The number of carbonyl (C=O) groups is 1. The van der Waals surface area contributed by atoms with Crippen LogP contribution in [0.5, 0.6) is 0 Å². The Bertz CT molecular complexity index is 504. The molecule has 1 aliphatic rings. The lowest BCUT2D eigenvalue weighted by atomic mass is 10.1. The molecule has 18 heavy (non-hydrogen) atoms. The molecule has 1 heterocycles. The van der Waals surface area contributed by atoms with E-state index < -0.39 is 16.4 Å². The second kappa shape index (κ2) is 4.72. The van der Waals surface area contributed by atoms with E-state index in [-0.39, 0.29) is 23.9 Å². The van der Waals surface area contributed by atoms with Crippen LogP contribution in [0.4, 0.5) is 10.1 Å². The molecular formula is C12H13FN2O3. The summed E-state index contributed by atoms with van der Waals surface area (Å²) in [6, 6.07) is 4.02. The van der Waals surface area contributed by atoms with Crippen molar-refractivity contribution in [3.63, 3.8) is 0 Å². The molecule has 1 aromatic rings. The van der Waals surface area contributed by atoms with Gasteiger partial charge in [-0.1, -0.05) is 19.1 Å². The number of nitro groups is 1. The average molecular weight is 252 g/mol. The van der Waals surface area contributed by atoms with Crippen molar-refractivity contribution in [1.29, 1.82) is 0 Å². The van der Waals surface area contributed by atoms with Gasteiger partial charge in [-0.15, -0.1) is 0 Å². The molecule has 1 aliphatic heterocycles. The topological polar surface area (TPSA) is 63.5 Å². The minimum Gasteiger partial charge on any atom is -0.338 e. The number of rotatable bonds is 3. The number of nitro benzene ring substituents is 1. The van der Waals surface area contributed by atoms with E-state index in [0.717, 1.165) is 6.07 Å². The first kappa shape index (κ1) is 12.5. The Balaban J connectivity index is 2.22. The first-order valence-electron chi connectivity index (χ1n) is 5.68. The van der Waals surface area contributed by atoms with E-state index in [1.807, 2.05) is 6.92 Å². The molecule has 1 fully saturated rings. The average Bonchev–Trinajstić information content (AvgIpc) is 2.60. The van der Waals surface area contributed by atoms with E-state index in [1.54, 1.807) is 0 Å². The summed E-state index contributed by atoms with van der Waals surface area (Å²) < 4.78 is 13.8. The standard InChI is InChI=1S/C12H13FN2O3/c1-8-5-11(16)14(6-8)7-9-3-2-4-10(12(9)13)15(17)18/h2-4,8H,5-7H2,1H3. The largest absolute Gasteiger partial charge is 0.338 e. The molecule has 1 saturated heterocycles. The van der Waals surface area contributed by atoms with Crippen molar-refractivity contribution >= 4 is 11.6 Å². The summed E-state index contributed by atoms with van der Waals surface area (Å²) in [4.78, 5) is 23.0. The number of amides is 1. The zero-order valence-electron chi connectivity index (χ0n) is 9.93. The van der Waals surface area contributed by atoms with E-state index >= 15 is 0 Å². The highest BCUT2D eigenvalue weighted by atomic mass is 19.1. The molecule has 1 atom stereocenters. The number of hydrogen-bond acceptors (Lipinski definition) is 3. The number of carbonyl (C=O) groups excluding carboxylic acids is 1. The molecule has 0 N–H and O–H groups in total. The Hall–Kier alpha value is -1.98. The van der Waals surface area contributed by atoms with Crippen LogP contribution in [-0.4, -0.2) is 22.3 Å². The van der Waals surface area contributed by atoms with Gasteiger partial charge < -0.3 is 4.90 Å². The molecule has 0 saturated carbocycles. The summed E-state index contributed by atoms with van der Waals surface area (Å²) in [5, 5.41) is 10.6. The molecule has 5 nitrogen and oxygen atoms in total. The lowest BCUT2D eigenvalue weighted by Gasteiger charge is -2.16. The minimum absolute atomic E-state index is 0.0339. The quantitative estimate of drug-likeness (QED) is 0.611. The van der Waals surface area contributed by atoms with Gasteiger partial charge in [0.15, 0.2) is 0 Å². The van der Waals surface area contributed by atoms with E-state index in [4.69, 9.17) is 0 Å². The molecule has 2 rings (SSSR count). The molecule has 1 aromatic carbocycles. The second-order valence-electron chi connectivity index (χ2n) is 4.59. The van der Waals surface area contributed by atoms with Gasteiger partial charge in [0.05, 0.1) is 4.92 Å². The smallest absolute Gasteiger partial charge is 0.305 e. The Morgan fingerprint density at radius 2 is 2.28 bits per heavy atom. The molecule has 6 heteroatoms. The Morgan fingerprint density at radius 3 is 2.83 bits per heavy atom. The highest BCUT2D eigenvalue weighted by Crippen LogP contribution is 2.24. The van der Waals surface area contributed by atoms with Crippen molar-refractivity contribution in [2.24, 2.45) is 5.92 Å². The predicted octanol–water partition coefficient (Wildman–Crippen LogP) is 2.10. The van der Waals surface area contributed by atoms with Crippen LogP contribution in [0.1, 0.15) is 18.9 Å². The van der Waals surface area contributed by atoms with Crippen LogP contribution in [0, 0.1) is 21.8 Å². The monoisotopic (exact) mass is 252 g/mol. The summed E-state index contributed by atoms with van der Waals surface area (Å²) >= 11 is 0. The Labute approximate surface area is 103 Å². The van der Waals surface area contributed by atoms with E-state index in [9.17, 15) is 19.3 Å². The number of nitrogens with zero attached hydrogens (tertiary/aromatic N) is 2. The molecule has 0 spiro atoms. The Kier molecular flexibility index (Phi) is 3.27. The van der Waals surface area contributed by atoms with Gasteiger partial charge >= 0.3 is 5.69 Å². The van der Waals surface area contributed by atoms with Gasteiger partial charge in [-0.25, -0.2) is 0 Å². The molecular weight excluding hydrogens is 239 g/mol. The molecule has 1 amide bonds. The van der Waals surface area contributed by atoms with E-state index in [1.165, 1.54) is 17.0 Å². The normalized spacial score (nSPS) is 19.3. The van der Waals surface area contributed by atoms with Crippen molar-refractivity contribution in [3.8, 4) is 0 Å². The third-order valence-corrected chi connectivity index (χ3v) is 3.02. The zero-order valence-corrected chi connectivity index (χ0v) is 9.93. The Morgan fingerprint density at radius 1 is 1.56 bits per heavy atom. The van der Waals surface area contributed by atoms with Gasteiger partial charge in [0, 0.05) is 31.1 Å². The van der Waals surface area contributed by atoms with Crippen molar-refractivity contribution in [1.82, 2.24) is 4.90 Å². The van der Waals surface area contributed by atoms with Gasteiger partial charge in [0.25, 0.3) is 0 Å². The number of benzene rings is 1. The minimum atomic E-state index is -0.852. The van der Waals surface area contributed by atoms with Crippen LogP contribution in [0.25, 0.3) is 0 Å². The maximum atomic E-state index is 13.8. The molecule has 0 bridgehead atoms. The SMILES string of the molecule is CC1CC(=O)N(Cc2cccc([N+](=O)[O-])c2F)C1. The number of hydrogen-bond donors (Lipinski definition) is 0. The third kappa shape index (κ3) is 2.32. The van der Waals surface area contributed by atoms with Gasteiger partial charge in [0.2, 0.25) is 11.7 Å². The van der Waals surface area contributed by atoms with Crippen molar-refractivity contribution in [3.05, 3.63) is 39.7 Å². The van der Waals surface area contributed by atoms with Crippen LogP contribution >= 0.6 is 0 Å². The first-order chi connectivity index (χ1) is 8.49. The maximum absolute atomic E-state index is 13.8. The number of halogens is 1. The summed E-state index contributed by atoms with van der Waals surface area (Å²) in [5.41, 5.74) is -0.362. The van der Waals surface area contributed by atoms with Gasteiger partial charge in [-0.3, -0.25) is 14.9 Å². The fourth-order valence-corrected chi connectivity index (χ4v) is 2.16. The molecule has 0 aliphatic carbocycles. The maximum Gasteiger partial charge on any atom is 0.305 e. The summed E-state index contributed by atoms with van der Waals surface area (Å²) in [7, 11) is 0. The zero-order chi connectivity index (χ0) is 13.3. The van der Waals surface area contributed by atoms with Gasteiger partial charge in [-0.2, -0.15) is 4.39 Å². The lowest BCUT2D eigenvalue weighted by Crippen LogP contribution is -2.25. The van der Waals surface area contributed by atoms with Gasteiger partial charge in [0.1, 0.15) is 0 Å². The summed E-state index contributed by atoms with van der Waals surface area (Å²) in [6.45, 7) is 2.61. The van der Waals surface area contributed by atoms with Crippen LogP contribution < -0.4 is 0 Å². The first-order valence-corrected chi connectivity index (χ1v) is 5.68. The lowest BCUT2D eigenvalue weighted by molar-refractivity contribution is -0.387. The van der Waals surface area contributed by atoms with Crippen LogP contribution in [-0.2, 0) is 11.3 Å². The highest BCUT2D eigenvalue weighted by Gasteiger charge is 2.28. The van der Waals surface area contributed by atoms with Crippen molar-refractivity contribution in [2.75, 3.05) is 6.54 Å².